The molecule has 0 radical (unpaired) electrons. The molecule has 0 aliphatic rings. The van der Waals surface area contributed by atoms with Crippen LogP contribution in [0.15, 0.2) is 41.0 Å². The fraction of sp³-hybridized carbons (Fsp3) is 0.214. The van der Waals surface area contributed by atoms with Gasteiger partial charge in [0.15, 0.2) is 0 Å². The first-order valence-corrected chi connectivity index (χ1v) is 6.78. The Morgan fingerprint density at radius 3 is 2.72 bits per heavy atom. The van der Waals surface area contributed by atoms with Gasteiger partial charge in [-0.25, -0.2) is 0 Å². The number of halogens is 2. The number of benzene rings is 1. The fourth-order valence-corrected chi connectivity index (χ4v) is 2.65. The van der Waals surface area contributed by atoms with Crippen LogP contribution in [0.25, 0.3) is 0 Å². The maximum atomic E-state index is 10.2. The number of nitrogens with zero attached hydrogens (tertiary/aromatic N) is 1. The third kappa shape index (κ3) is 3.31. The van der Waals surface area contributed by atoms with E-state index in [1.807, 2.05) is 25.1 Å². The lowest BCUT2D eigenvalue weighted by Gasteiger charge is -2.12. The van der Waals surface area contributed by atoms with Gasteiger partial charge in [-0.05, 0) is 36.2 Å². The molecule has 18 heavy (non-hydrogen) atoms. The van der Waals surface area contributed by atoms with E-state index in [1.54, 1.807) is 18.3 Å². The normalized spacial score (nSPS) is 12.4. The first-order valence-electron chi connectivity index (χ1n) is 5.61. The fourth-order valence-electron chi connectivity index (χ4n) is 1.70. The average molecular weight is 327 g/mol. The van der Waals surface area contributed by atoms with Crippen LogP contribution in [0.1, 0.15) is 22.9 Å². The Bertz CT molecular complexity index is 542. The summed E-state index contributed by atoms with van der Waals surface area (Å²) in [6, 6.07) is 9.30. The maximum absolute atomic E-state index is 10.2. The van der Waals surface area contributed by atoms with Crippen LogP contribution < -0.4 is 0 Å². The second-order valence-electron chi connectivity index (χ2n) is 4.21. The van der Waals surface area contributed by atoms with E-state index in [2.05, 4.69) is 20.9 Å². The molecule has 0 bridgehead atoms. The highest BCUT2D eigenvalue weighted by Gasteiger charge is 2.13. The van der Waals surface area contributed by atoms with E-state index in [1.165, 1.54) is 0 Å². The van der Waals surface area contributed by atoms with Gasteiger partial charge in [0.2, 0.25) is 0 Å². The van der Waals surface area contributed by atoms with Crippen LogP contribution in [0.4, 0.5) is 0 Å². The van der Waals surface area contributed by atoms with E-state index in [9.17, 15) is 5.11 Å². The molecule has 0 saturated heterocycles. The first-order chi connectivity index (χ1) is 8.56. The minimum absolute atomic E-state index is 0.487. The molecule has 1 unspecified atom stereocenters. The molecule has 4 heteroatoms. The molecule has 1 atom stereocenters. The lowest BCUT2D eigenvalue weighted by molar-refractivity contribution is 0.176. The molecule has 0 aliphatic heterocycles. The standard InChI is InChI=1S/C14H13BrClNO/c1-9-2-4-11(17-8-9)7-14(18)12-5-3-10(16)6-13(12)15/h2-6,8,14,18H,7H2,1H3. The number of aromatic nitrogens is 1. The number of aliphatic hydroxyl groups excluding tert-OH is 1. The van der Waals surface area contributed by atoms with Gasteiger partial charge in [-0.2, -0.15) is 0 Å². The lowest BCUT2D eigenvalue weighted by atomic mass is 10.0. The van der Waals surface area contributed by atoms with Gasteiger partial charge in [-0.15, -0.1) is 0 Å². The number of pyridine rings is 1. The number of aliphatic hydroxyl groups is 1. The smallest absolute Gasteiger partial charge is 0.0856 e. The number of aryl methyl sites for hydroxylation is 1. The third-order valence-corrected chi connectivity index (χ3v) is 3.62. The van der Waals surface area contributed by atoms with Crippen molar-refractivity contribution in [3.05, 3.63) is 62.8 Å². The second-order valence-corrected chi connectivity index (χ2v) is 5.50. The quantitative estimate of drug-likeness (QED) is 0.922. The van der Waals surface area contributed by atoms with Crippen molar-refractivity contribution in [3.8, 4) is 0 Å². The van der Waals surface area contributed by atoms with Crippen LogP contribution >= 0.6 is 27.5 Å². The molecule has 0 amide bonds. The van der Waals surface area contributed by atoms with E-state index >= 15 is 0 Å². The topological polar surface area (TPSA) is 33.1 Å². The van der Waals surface area contributed by atoms with Gasteiger partial charge < -0.3 is 5.11 Å². The molecule has 94 valence electrons. The predicted molar refractivity (Wildman–Crippen MR) is 76.8 cm³/mol. The van der Waals surface area contributed by atoms with E-state index in [0.717, 1.165) is 21.3 Å². The second kappa shape index (κ2) is 5.83. The Morgan fingerprint density at radius 1 is 1.33 bits per heavy atom. The van der Waals surface area contributed by atoms with Crippen LogP contribution in [-0.4, -0.2) is 10.1 Å². The van der Waals surface area contributed by atoms with Crippen molar-refractivity contribution >= 4 is 27.5 Å². The molecule has 0 aliphatic carbocycles. The molecule has 1 heterocycles. The Balaban J connectivity index is 2.16. The van der Waals surface area contributed by atoms with E-state index in [-0.39, 0.29) is 0 Å². The minimum atomic E-state index is -0.591. The number of hydrogen-bond acceptors (Lipinski definition) is 2. The molecule has 1 aromatic carbocycles. The van der Waals surface area contributed by atoms with Crippen LogP contribution in [0.3, 0.4) is 0 Å². The van der Waals surface area contributed by atoms with Crippen molar-refractivity contribution in [2.75, 3.05) is 0 Å². The van der Waals surface area contributed by atoms with Gasteiger partial charge >= 0.3 is 0 Å². The molecule has 2 nitrogen and oxygen atoms in total. The summed E-state index contributed by atoms with van der Waals surface area (Å²) in [5.74, 6) is 0. The molecule has 2 aromatic rings. The van der Waals surface area contributed by atoms with E-state index in [4.69, 9.17) is 11.6 Å². The zero-order valence-electron chi connectivity index (χ0n) is 9.90. The van der Waals surface area contributed by atoms with Crippen LogP contribution in [-0.2, 0) is 6.42 Å². The molecule has 0 fully saturated rings. The Hall–Kier alpha value is -0.900. The lowest BCUT2D eigenvalue weighted by Crippen LogP contribution is -2.04. The van der Waals surface area contributed by atoms with Gasteiger partial charge in [-0.1, -0.05) is 39.7 Å². The van der Waals surface area contributed by atoms with Crippen molar-refractivity contribution in [2.45, 2.75) is 19.4 Å². The third-order valence-electron chi connectivity index (χ3n) is 2.70. The summed E-state index contributed by atoms with van der Waals surface area (Å²) in [4.78, 5) is 4.29. The van der Waals surface area contributed by atoms with E-state index < -0.39 is 6.10 Å². The van der Waals surface area contributed by atoms with Crippen molar-refractivity contribution in [1.29, 1.82) is 0 Å². The summed E-state index contributed by atoms with van der Waals surface area (Å²) in [5.41, 5.74) is 2.80. The minimum Gasteiger partial charge on any atom is -0.388 e. The van der Waals surface area contributed by atoms with Crippen LogP contribution in [0.2, 0.25) is 5.02 Å². The largest absolute Gasteiger partial charge is 0.388 e. The summed E-state index contributed by atoms with van der Waals surface area (Å²) in [6.45, 7) is 1.99. The molecule has 0 saturated carbocycles. The van der Waals surface area contributed by atoms with Gasteiger partial charge in [0.1, 0.15) is 0 Å². The van der Waals surface area contributed by atoms with Crippen molar-refractivity contribution in [3.63, 3.8) is 0 Å². The van der Waals surface area contributed by atoms with Gasteiger partial charge in [0.25, 0.3) is 0 Å². The Morgan fingerprint density at radius 2 is 2.11 bits per heavy atom. The van der Waals surface area contributed by atoms with Crippen molar-refractivity contribution in [2.24, 2.45) is 0 Å². The summed E-state index contributed by atoms with van der Waals surface area (Å²) in [6.07, 6.45) is 1.70. The molecular weight excluding hydrogens is 314 g/mol. The summed E-state index contributed by atoms with van der Waals surface area (Å²) >= 11 is 9.28. The number of rotatable bonds is 3. The van der Waals surface area contributed by atoms with Crippen molar-refractivity contribution in [1.82, 2.24) is 4.98 Å². The zero-order chi connectivity index (χ0) is 13.1. The average Bonchev–Trinajstić information content (AvgIpc) is 2.32. The SMILES string of the molecule is Cc1ccc(CC(O)c2ccc(Cl)cc2Br)nc1. The number of hydrogen-bond donors (Lipinski definition) is 1. The monoisotopic (exact) mass is 325 g/mol. The summed E-state index contributed by atoms with van der Waals surface area (Å²) in [5, 5.41) is 10.8. The van der Waals surface area contributed by atoms with E-state index in [0.29, 0.717) is 11.4 Å². The summed E-state index contributed by atoms with van der Waals surface area (Å²) < 4.78 is 0.814. The highest BCUT2D eigenvalue weighted by atomic mass is 79.9. The highest BCUT2D eigenvalue weighted by Crippen LogP contribution is 2.28. The molecule has 0 spiro atoms. The van der Waals surface area contributed by atoms with Gasteiger partial charge in [0.05, 0.1) is 6.10 Å². The van der Waals surface area contributed by atoms with Crippen LogP contribution in [0.5, 0.6) is 0 Å². The molecule has 1 aromatic heterocycles. The highest BCUT2D eigenvalue weighted by molar-refractivity contribution is 9.10. The Labute approximate surface area is 120 Å². The van der Waals surface area contributed by atoms with Gasteiger partial charge in [-0.3, -0.25) is 4.98 Å². The van der Waals surface area contributed by atoms with Crippen molar-refractivity contribution < 1.29 is 5.11 Å². The zero-order valence-corrected chi connectivity index (χ0v) is 12.2. The summed E-state index contributed by atoms with van der Waals surface area (Å²) in [7, 11) is 0. The van der Waals surface area contributed by atoms with Gasteiger partial charge in [0, 0.05) is 27.8 Å². The molecule has 1 N–H and O–H groups in total. The molecular formula is C14H13BrClNO. The Kier molecular flexibility index (Phi) is 4.38. The predicted octanol–water partition coefficient (Wildman–Crippen LogP) is 4.08. The molecule has 2 rings (SSSR count). The van der Waals surface area contributed by atoms with Crippen LogP contribution in [0, 0.1) is 6.92 Å². The maximum Gasteiger partial charge on any atom is 0.0856 e. The first kappa shape index (κ1) is 13.5.